The monoisotopic (exact) mass is 424 g/mol. The normalized spacial score (nSPS) is 16.7. The Kier molecular flexibility index (Phi) is 6.42. The van der Waals surface area contributed by atoms with Crippen LogP contribution in [-0.2, 0) is 9.59 Å². The lowest BCUT2D eigenvalue weighted by Gasteiger charge is -2.21. The number of carbonyl (C=O) groups is 2. The Morgan fingerprint density at radius 3 is 2.78 bits per heavy atom. The van der Waals surface area contributed by atoms with Crippen LogP contribution < -0.4 is 5.32 Å². The molecule has 0 saturated carbocycles. The minimum absolute atomic E-state index is 0.0908. The number of hydrogen-bond acceptors (Lipinski definition) is 3. The SMILES string of the molecule is O=C(Nc1ccccc1F)C1CSCN1C(=O)C=Cc1cc(Cl)ccc1Cl. The van der Waals surface area contributed by atoms with Crippen LogP contribution in [0.4, 0.5) is 10.1 Å². The third kappa shape index (κ3) is 4.83. The van der Waals surface area contributed by atoms with E-state index in [0.29, 0.717) is 27.2 Å². The van der Waals surface area contributed by atoms with E-state index in [1.54, 1.807) is 30.3 Å². The fraction of sp³-hybridized carbons (Fsp3) is 0.158. The van der Waals surface area contributed by atoms with Crippen molar-refractivity contribution in [1.82, 2.24) is 4.90 Å². The Balaban J connectivity index is 1.70. The highest BCUT2D eigenvalue weighted by Crippen LogP contribution is 2.25. The summed E-state index contributed by atoms with van der Waals surface area (Å²) in [6.07, 6.45) is 2.91. The van der Waals surface area contributed by atoms with Gasteiger partial charge in [-0.05, 0) is 42.0 Å². The van der Waals surface area contributed by atoms with Gasteiger partial charge in [0.25, 0.3) is 0 Å². The summed E-state index contributed by atoms with van der Waals surface area (Å²) in [5.74, 6) is -0.457. The molecule has 1 saturated heterocycles. The van der Waals surface area contributed by atoms with Crippen LogP contribution in [0, 0.1) is 5.82 Å². The molecule has 1 unspecified atom stereocenters. The Morgan fingerprint density at radius 2 is 2.00 bits per heavy atom. The minimum Gasteiger partial charge on any atom is -0.322 e. The maximum atomic E-state index is 13.7. The maximum Gasteiger partial charge on any atom is 0.248 e. The summed E-state index contributed by atoms with van der Waals surface area (Å²) < 4.78 is 13.7. The number of benzene rings is 2. The fourth-order valence-electron chi connectivity index (χ4n) is 2.55. The highest BCUT2D eigenvalue weighted by Gasteiger charge is 2.34. The van der Waals surface area contributed by atoms with Crippen molar-refractivity contribution in [2.24, 2.45) is 0 Å². The molecule has 4 nitrogen and oxygen atoms in total. The standard InChI is InChI=1S/C19H15Cl2FN2O2S/c20-13-6-7-14(21)12(9-13)5-8-18(25)24-11-27-10-17(24)19(26)23-16-4-2-1-3-15(16)22/h1-9,17H,10-11H2,(H,23,26). The number of para-hydroxylation sites is 1. The molecule has 2 aromatic rings. The van der Waals surface area contributed by atoms with Gasteiger partial charge >= 0.3 is 0 Å². The van der Waals surface area contributed by atoms with Gasteiger partial charge in [-0.3, -0.25) is 9.59 Å². The number of nitrogens with zero attached hydrogens (tertiary/aromatic N) is 1. The van der Waals surface area contributed by atoms with Crippen LogP contribution in [-0.4, -0.2) is 34.4 Å². The average molecular weight is 425 g/mol. The van der Waals surface area contributed by atoms with Gasteiger partial charge in [-0.1, -0.05) is 35.3 Å². The third-order valence-electron chi connectivity index (χ3n) is 3.96. The van der Waals surface area contributed by atoms with Gasteiger partial charge in [-0.2, -0.15) is 0 Å². The molecule has 1 heterocycles. The summed E-state index contributed by atoms with van der Waals surface area (Å²) in [5.41, 5.74) is 0.699. The highest BCUT2D eigenvalue weighted by atomic mass is 35.5. The van der Waals surface area contributed by atoms with E-state index in [2.05, 4.69) is 5.32 Å². The first-order chi connectivity index (χ1) is 13.0. The fourth-order valence-corrected chi connectivity index (χ4v) is 4.08. The minimum atomic E-state index is -0.679. The Hall–Kier alpha value is -2.02. The van der Waals surface area contributed by atoms with Crippen LogP contribution in [0.1, 0.15) is 5.56 Å². The van der Waals surface area contributed by atoms with E-state index in [-0.39, 0.29) is 11.6 Å². The molecule has 2 aromatic carbocycles. The number of amides is 2. The maximum absolute atomic E-state index is 13.7. The van der Waals surface area contributed by atoms with Crippen LogP contribution in [0.3, 0.4) is 0 Å². The number of halogens is 3. The zero-order valence-electron chi connectivity index (χ0n) is 14.0. The quantitative estimate of drug-likeness (QED) is 0.724. The number of thioether (sulfide) groups is 1. The molecule has 1 atom stereocenters. The molecule has 2 amide bonds. The van der Waals surface area contributed by atoms with Crippen molar-refractivity contribution in [3.8, 4) is 0 Å². The summed E-state index contributed by atoms with van der Waals surface area (Å²) in [7, 11) is 0. The Morgan fingerprint density at radius 1 is 1.22 bits per heavy atom. The summed E-state index contributed by atoms with van der Waals surface area (Å²) in [4.78, 5) is 26.5. The molecular formula is C19H15Cl2FN2O2S. The molecular weight excluding hydrogens is 410 g/mol. The Bertz CT molecular complexity index is 907. The smallest absolute Gasteiger partial charge is 0.248 e. The molecule has 1 N–H and O–H groups in total. The van der Waals surface area contributed by atoms with Crippen LogP contribution in [0.2, 0.25) is 10.0 Å². The first-order valence-electron chi connectivity index (χ1n) is 8.02. The predicted molar refractivity (Wildman–Crippen MR) is 108 cm³/mol. The van der Waals surface area contributed by atoms with Crippen molar-refractivity contribution in [2.75, 3.05) is 16.9 Å². The molecule has 8 heteroatoms. The highest BCUT2D eigenvalue weighted by molar-refractivity contribution is 7.99. The number of anilines is 1. The molecule has 1 aliphatic heterocycles. The third-order valence-corrected chi connectivity index (χ3v) is 5.55. The molecule has 3 rings (SSSR count). The first-order valence-corrected chi connectivity index (χ1v) is 9.93. The van der Waals surface area contributed by atoms with Crippen LogP contribution in [0.5, 0.6) is 0 Å². The lowest BCUT2D eigenvalue weighted by atomic mass is 10.2. The van der Waals surface area contributed by atoms with E-state index in [1.165, 1.54) is 40.9 Å². The molecule has 0 aromatic heterocycles. The second kappa shape index (κ2) is 8.78. The second-order valence-electron chi connectivity index (χ2n) is 5.79. The molecule has 0 radical (unpaired) electrons. The van der Waals surface area contributed by atoms with Crippen molar-refractivity contribution < 1.29 is 14.0 Å². The van der Waals surface area contributed by atoms with Crippen molar-refractivity contribution in [3.05, 3.63) is 70.0 Å². The van der Waals surface area contributed by atoms with Gasteiger partial charge in [-0.15, -0.1) is 11.8 Å². The molecule has 0 aliphatic carbocycles. The van der Waals surface area contributed by atoms with Crippen molar-refractivity contribution in [2.45, 2.75) is 6.04 Å². The zero-order chi connectivity index (χ0) is 19.4. The Labute approximate surface area is 170 Å². The van der Waals surface area contributed by atoms with E-state index in [0.717, 1.165) is 0 Å². The summed E-state index contributed by atoms with van der Waals surface area (Å²) in [6, 6.07) is 10.2. The summed E-state index contributed by atoms with van der Waals surface area (Å²) in [6.45, 7) is 0. The largest absolute Gasteiger partial charge is 0.322 e. The molecule has 0 bridgehead atoms. The lowest BCUT2D eigenvalue weighted by Crippen LogP contribution is -2.44. The average Bonchev–Trinajstić information content (AvgIpc) is 3.14. The molecule has 27 heavy (non-hydrogen) atoms. The number of carbonyl (C=O) groups excluding carboxylic acids is 2. The van der Waals surface area contributed by atoms with Gasteiger partial charge in [0.15, 0.2) is 0 Å². The van der Waals surface area contributed by atoms with E-state index in [1.807, 2.05) is 0 Å². The first kappa shape index (κ1) is 19.7. The van der Waals surface area contributed by atoms with E-state index < -0.39 is 17.8 Å². The predicted octanol–water partition coefficient (Wildman–Crippen LogP) is 4.69. The van der Waals surface area contributed by atoms with Crippen LogP contribution in [0.25, 0.3) is 6.08 Å². The van der Waals surface area contributed by atoms with Gasteiger partial charge in [-0.25, -0.2) is 4.39 Å². The van der Waals surface area contributed by atoms with Crippen LogP contribution in [0.15, 0.2) is 48.5 Å². The zero-order valence-corrected chi connectivity index (χ0v) is 16.3. The van der Waals surface area contributed by atoms with E-state index >= 15 is 0 Å². The van der Waals surface area contributed by atoms with Gasteiger partial charge in [0.05, 0.1) is 11.6 Å². The topological polar surface area (TPSA) is 49.4 Å². The van der Waals surface area contributed by atoms with Crippen molar-refractivity contribution in [1.29, 1.82) is 0 Å². The van der Waals surface area contributed by atoms with Gasteiger partial charge in [0.1, 0.15) is 11.9 Å². The van der Waals surface area contributed by atoms with Crippen molar-refractivity contribution >= 4 is 58.5 Å². The van der Waals surface area contributed by atoms with E-state index in [9.17, 15) is 14.0 Å². The van der Waals surface area contributed by atoms with Crippen LogP contribution >= 0.6 is 35.0 Å². The number of hydrogen-bond donors (Lipinski definition) is 1. The molecule has 1 fully saturated rings. The molecule has 0 spiro atoms. The van der Waals surface area contributed by atoms with Crippen molar-refractivity contribution in [3.63, 3.8) is 0 Å². The number of nitrogens with one attached hydrogen (secondary N) is 1. The molecule has 1 aliphatic rings. The molecule has 140 valence electrons. The second-order valence-corrected chi connectivity index (χ2v) is 7.64. The van der Waals surface area contributed by atoms with Gasteiger partial charge < -0.3 is 10.2 Å². The van der Waals surface area contributed by atoms with E-state index in [4.69, 9.17) is 23.2 Å². The van der Waals surface area contributed by atoms with Gasteiger partial charge in [0, 0.05) is 21.9 Å². The summed E-state index contributed by atoms with van der Waals surface area (Å²) >= 11 is 13.5. The lowest BCUT2D eigenvalue weighted by molar-refractivity contribution is -0.132. The van der Waals surface area contributed by atoms with Gasteiger partial charge in [0.2, 0.25) is 11.8 Å². The summed E-state index contributed by atoms with van der Waals surface area (Å²) in [5, 5.41) is 3.51. The number of rotatable bonds is 4.